The van der Waals surface area contributed by atoms with Gasteiger partial charge in [-0.25, -0.2) is 0 Å². The summed E-state index contributed by atoms with van der Waals surface area (Å²) in [7, 11) is 0. The van der Waals surface area contributed by atoms with Gasteiger partial charge in [0.05, 0.1) is 16.2 Å². The largest absolute Gasteiger partial charge is 0.334 e. The van der Waals surface area contributed by atoms with Crippen molar-refractivity contribution < 1.29 is 4.52 Å². The third kappa shape index (κ3) is 2.29. The standard InChI is InChI=1S/C10H7BrN4OS/c11-8-3-12-15(4-8)5-9-13-10(16-14-9)7-1-2-17-6-7/h1-4,6H,5H2. The van der Waals surface area contributed by atoms with E-state index in [0.29, 0.717) is 18.3 Å². The SMILES string of the molecule is Brc1cnn(Cc2noc(-c3ccsc3)n2)c1. The van der Waals surface area contributed by atoms with Gasteiger partial charge in [-0.15, -0.1) is 0 Å². The monoisotopic (exact) mass is 310 g/mol. The predicted octanol–water partition coefficient (Wildman–Crippen LogP) is 2.81. The molecule has 0 aliphatic rings. The van der Waals surface area contributed by atoms with Crippen LogP contribution in [0.4, 0.5) is 0 Å². The maximum Gasteiger partial charge on any atom is 0.258 e. The lowest BCUT2D eigenvalue weighted by Gasteiger charge is -1.93. The van der Waals surface area contributed by atoms with Crippen LogP contribution in [0.2, 0.25) is 0 Å². The van der Waals surface area contributed by atoms with Crippen molar-refractivity contribution in [1.29, 1.82) is 0 Å². The molecule has 0 N–H and O–H groups in total. The Balaban J connectivity index is 1.81. The summed E-state index contributed by atoms with van der Waals surface area (Å²) < 4.78 is 7.85. The molecule has 3 aromatic heterocycles. The second-order valence-corrected chi connectivity index (χ2v) is 5.08. The molecule has 0 radical (unpaired) electrons. The van der Waals surface area contributed by atoms with Gasteiger partial charge in [-0.2, -0.15) is 21.4 Å². The zero-order chi connectivity index (χ0) is 11.7. The van der Waals surface area contributed by atoms with Crippen LogP contribution in [-0.2, 0) is 6.54 Å². The molecule has 0 spiro atoms. The van der Waals surface area contributed by atoms with E-state index in [0.717, 1.165) is 10.0 Å². The Bertz CT molecular complexity index is 616. The minimum absolute atomic E-state index is 0.499. The van der Waals surface area contributed by atoms with Gasteiger partial charge < -0.3 is 4.52 Å². The van der Waals surface area contributed by atoms with Crippen LogP contribution in [0, 0.1) is 0 Å². The van der Waals surface area contributed by atoms with Crippen LogP contribution < -0.4 is 0 Å². The van der Waals surface area contributed by atoms with E-state index in [-0.39, 0.29) is 0 Å². The van der Waals surface area contributed by atoms with E-state index in [2.05, 4.69) is 31.2 Å². The number of halogens is 1. The van der Waals surface area contributed by atoms with Gasteiger partial charge in [0.2, 0.25) is 0 Å². The highest BCUT2D eigenvalue weighted by atomic mass is 79.9. The van der Waals surface area contributed by atoms with E-state index in [4.69, 9.17) is 4.52 Å². The van der Waals surface area contributed by atoms with E-state index in [9.17, 15) is 0 Å². The highest BCUT2D eigenvalue weighted by Crippen LogP contribution is 2.20. The normalized spacial score (nSPS) is 10.9. The highest BCUT2D eigenvalue weighted by molar-refractivity contribution is 9.10. The first kappa shape index (κ1) is 10.7. The first-order chi connectivity index (χ1) is 8.31. The molecule has 0 unspecified atom stereocenters. The van der Waals surface area contributed by atoms with E-state index in [1.807, 2.05) is 23.0 Å². The molecule has 7 heteroatoms. The quantitative estimate of drug-likeness (QED) is 0.746. The molecule has 0 aliphatic carbocycles. The summed E-state index contributed by atoms with van der Waals surface area (Å²) in [5.41, 5.74) is 0.954. The van der Waals surface area contributed by atoms with Gasteiger partial charge in [-0.1, -0.05) is 5.16 Å². The Morgan fingerprint density at radius 1 is 1.47 bits per heavy atom. The first-order valence-corrected chi connectivity index (χ1v) is 6.58. The van der Waals surface area contributed by atoms with Crippen molar-refractivity contribution in [3.63, 3.8) is 0 Å². The molecule has 0 aliphatic heterocycles. The molecule has 86 valence electrons. The van der Waals surface area contributed by atoms with Gasteiger partial charge in [0, 0.05) is 11.6 Å². The summed E-state index contributed by atoms with van der Waals surface area (Å²) in [5.74, 6) is 1.16. The molecule has 17 heavy (non-hydrogen) atoms. The lowest BCUT2D eigenvalue weighted by Crippen LogP contribution is -2.01. The Morgan fingerprint density at radius 2 is 2.41 bits per heavy atom. The lowest BCUT2D eigenvalue weighted by molar-refractivity contribution is 0.419. The van der Waals surface area contributed by atoms with E-state index in [1.165, 1.54) is 0 Å². The molecule has 0 saturated carbocycles. The Hall–Kier alpha value is -1.47. The molecule has 3 rings (SSSR count). The molecule has 3 aromatic rings. The minimum Gasteiger partial charge on any atom is -0.334 e. The van der Waals surface area contributed by atoms with Crippen LogP contribution in [0.5, 0.6) is 0 Å². The number of thiophene rings is 1. The zero-order valence-electron chi connectivity index (χ0n) is 8.58. The summed E-state index contributed by atoms with van der Waals surface area (Å²) in [6, 6.07) is 1.95. The maximum absolute atomic E-state index is 5.18. The van der Waals surface area contributed by atoms with Crippen molar-refractivity contribution in [2.45, 2.75) is 6.54 Å². The molecular weight excluding hydrogens is 304 g/mol. The first-order valence-electron chi connectivity index (χ1n) is 4.84. The second kappa shape index (κ2) is 4.42. The van der Waals surface area contributed by atoms with Gasteiger partial charge in [0.25, 0.3) is 5.89 Å². The van der Waals surface area contributed by atoms with Gasteiger partial charge in [0.1, 0.15) is 6.54 Å². The number of hydrogen-bond acceptors (Lipinski definition) is 5. The molecule has 0 saturated heterocycles. The summed E-state index contributed by atoms with van der Waals surface area (Å²) >= 11 is 4.94. The number of aromatic nitrogens is 4. The fourth-order valence-electron chi connectivity index (χ4n) is 1.39. The van der Waals surface area contributed by atoms with Crippen molar-refractivity contribution in [2.24, 2.45) is 0 Å². The molecule has 0 fully saturated rings. The van der Waals surface area contributed by atoms with Crippen LogP contribution in [0.3, 0.4) is 0 Å². The van der Waals surface area contributed by atoms with Crippen molar-refractivity contribution in [3.05, 3.63) is 39.5 Å². The second-order valence-electron chi connectivity index (χ2n) is 3.38. The van der Waals surface area contributed by atoms with Gasteiger partial charge in [0.15, 0.2) is 5.82 Å². The predicted molar refractivity (Wildman–Crippen MR) is 66.6 cm³/mol. The molecule has 0 atom stereocenters. The molecule has 0 amide bonds. The Labute approximate surface area is 109 Å². The van der Waals surface area contributed by atoms with E-state index < -0.39 is 0 Å². The minimum atomic E-state index is 0.499. The third-order valence-corrected chi connectivity index (χ3v) is 3.23. The fourth-order valence-corrected chi connectivity index (χ4v) is 2.35. The van der Waals surface area contributed by atoms with Crippen LogP contribution in [0.15, 0.2) is 38.2 Å². The Kier molecular flexibility index (Phi) is 2.77. The van der Waals surface area contributed by atoms with E-state index in [1.54, 1.807) is 22.2 Å². The number of nitrogens with zero attached hydrogens (tertiary/aromatic N) is 4. The van der Waals surface area contributed by atoms with Crippen molar-refractivity contribution >= 4 is 27.3 Å². The zero-order valence-corrected chi connectivity index (χ0v) is 11.0. The third-order valence-electron chi connectivity index (χ3n) is 2.14. The van der Waals surface area contributed by atoms with Crippen molar-refractivity contribution in [1.82, 2.24) is 19.9 Å². The van der Waals surface area contributed by atoms with Crippen LogP contribution in [0.25, 0.3) is 11.5 Å². The van der Waals surface area contributed by atoms with Crippen LogP contribution in [-0.4, -0.2) is 19.9 Å². The summed E-state index contributed by atoms with van der Waals surface area (Å²) in [5, 5.41) is 12.0. The Morgan fingerprint density at radius 3 is 3.12 bits per heavy atom. The molecule has 0 aromatic carbocycles. The topological polar surface area (TPSA) is 56.7 Å². The van der Waals surface area contributed by atoms with Crippen molar-refractivity contribution in [3.8, 4) is 11.5 Å². The maximum atomic E-state index is 5.18. The van der Waals surface area contributed by atoms with Gasteiger partial charge >= 0.3 is 0 Å². The van der Waals surface area contributed by atoms with E-state index >= 15 is 0 Å². The highest BCUT2D eigenvalue weighted by Gasteiger charge is 2.09. The summed E-state index contributed by atoms with van der Waals surface area (Å²) in [6.45, 7) is 0.499. The van der Waals surface area contributed by atoms with Crippen LogP contribution >= 0.6 is 27.3 Å². The molecule has 5 nitrogen and oxygen atoms in total. The molecular formula is C10H7BrN4OS. The van der Waals surface area contributed by atoms with Gasteiger partial charge in [-0.3, -0.25) is 4.68 Å². The number of hydrogen-bond donors (Lipinski definition) is 0. The summed E-state index contributed by atoms with van der Waals surface area (Å²) in [6.07, 6.45) is 3.58. The summed E-state index contributed by atoms with van der Waals surface area (Å²) in [4.78, 5) is 4.31. The molecule has 0 bridgehead atoms. The number of rotatable bonds is 3. The lowest BCUT2D eigenvalue weighted by atomic mass is 10.3. The van der Waals surface area contributed by atoms with Crippen molar-refractivity contribution in [2.75, 3.05) is 0 Å². The van der Waals surface area contributed by atoms with Gasteiger partial charge in [-0.05, 0) is 27.4 Å². The molecule has 3 heterocycles. The smallest absolute Gasteiger partial charge is 0.258 e. The average molecular weight is 311 g/mol. The average Bonchev–Trinajstić information content (AvgIpc) is 3.00. The van der Waals surface area contributed by atoms with Crippen LogP contribution in [0.1, 0.15) is 5.82 Å². The fraction of sp³-hybridized carbons (Fsp3) is 0.100.